The number of halogens is 3. The maximum Gasteiger partial charge on any atom is 0.348 e. The lowest BCUT2D eigenvalue weighted by atomic mass is 10.2. The predicted octanol–water partition coefficient (Wildman–Crippen LogP) is 5.46. The average molecular weight is 337 g/mol. The Morgan fingerprint density at radius 2 is 2.00 bits per heavy atom. The largest absolute Gasteiger partial charge is 0.477 e. The zero-order valence-electron chi connectivity index (χ0n) is 9.63. The van der Waals surface area contributed by atoms with Crippen LogP contribution in [-0.4, -0.2) is 11.1 Å². The Bertz CT molecular complexity index is 655. The molecule has 0 radical (unpaired) electrons. The van der Waals surface area contributed by atoms with Crippen LogP contribution in [0.25, 0.3) is 0 Å². The highest BCUT2D eigenvalue weighted by Crippen LogP contribution is 2.40. The van der Waals surface area contributed by atoms with Crippen molar-refractivity contribution < 1.29 is 9.90 Å². The minimum Gasteiger partial charge on any atom is -0.477 e. The first kappa shape index (κ1) is 14.5. The molecule has 1 heterocycles. The fraction of sp³-hybridized carbons (Fsp3) is 0.0833. The number of carboxylic acids is 1. The van der Waals surface area contributed by atoms with E-state index in [1.54, 1.807) is 24.4 Å². The molecule has 2 aromatic rings. The molecular formula is C12H8Cl3NO2S. The predicted molar refractivity (Wildman–Crippen MR) is 80.8 cm³/mol. The van der Waals surface area contributed by atoms with Gasteiger partial charge < -0.3 is 10.4 Å². The van der Waals surface area contributed by atoms with Gasteiger partial charge >= 0.3 is 5.97 Å². The van der Waals surface area contributed by atoms with Crippen molar-refractivity contribution in [1.29, 1.82) is 0 Å². The van der Waals surface area contributed by atoms with Gasteiger partial charge in [-0.3, -0.25) is 0 Å². The molecule has 2 N–H and O–H groups in total. The Morgan fingerprint density at radius 3 is 2.63 bits per heavy atom. The number of rotatable bonds is 3. The summed E-state index contributed by atoms with van der Waals surface area (Å²) in [7, 11) is 0. The van der Waals surface area contributed by atoms with Crippen molar-refractivity contribution in [3.05, 3.63) is 43.0 Å². The molecule has 0 saturated carbocycles. The van der Waals surface area contributed by atoms with Crippen molar-refractivity contribution in [2.24, 2.45) is 0 Å². The second-order valence-electron chi connectivity index (χ2n) is 3.75. The molecule has 0 bridgehead atoms. The second-order valence-corrected chi connectivity index (χ2v) is 5.86. The van der Waals surface area contributed by atoms with Crippen LogP contribution in [0, 0.1) is 6.92 Å². The molecule has 0 amide bonds. The normalized spacial score (nSPS) is 10.5. The first-order valence-corrected chi connectivity index (χ1v) is 7.15. The monoisotopic (exact) mass is 335 g/mol. The number of aromatic carboxylic acids is 1. The summed E-state index contributed by atoms with van der Waals surface area (Å²) < 4.78 is 0. The van der Waals surface area contributed by atoms with E-state index in [0.29, 0.717) is 32.0 Å². The zero-order valence-corrected chi connectivity index (χ0v) is 12.7. The molecule has 1 aromatic heterocycles. The summed E-state index contributed by atoms with van der Waals surface area (Å²) in [6, 6.07) is 3.23. The molecule has 0 spiro atoms. The van der Waals surface area contributed by atoms with E-state index in [-0.39, 0.29) is 4.88 Å². The van der Waals surface area contributed by atoms with Gasteiger partial charge in [0.2, 0.25) is 0 Å². The molecule has 0 fully saturated rings. The molecule has 0 atom stereocenters. The average Bonchev–Trinajstić information content (AvgIpc) is 2.80. The van der Waals surface area contributed by atoms with E-state index in [1.165, 1.54) is 0 Å². The van der Waals surface area contributed by atoms with Crippen molar-refractivity contribution >= 4 is 63.5 Å². The first-order valence-electron chi connectivity index (χ1n) is 5.13. The highest BCUT2D eigenvalue weighted by Gasteiger charge is 2.16. The second kappa shape index (κ2) is 5.59. The van der Waals surface area contributed by atoms with Crippen LogP contribution in [0.3, 0.4) is 0 Å². The third kappa shape index (κ3) is 2.82. The van der Waals surface area contributed by atoms with Crippen LogP contribution in [0.2, 0.25) is 15.1 Å². The molecule has 2 rings (SSSR count). The molecule has 7 heteroatoms. The third-order valence-electron chi connectivity index (χ3n) is 2.52. The number of hydrogen-bond acceptors (Lipinski definition) is 3. The Balaban J connectivity index is 2.47. The quantitative estimate of drug-likeness (QED) is 0.782. The summed E-state index contributed by atoms with van der Waals surface area (Å²) in [6.45, 7) is 1.76. The Kier molecular flexibility index (Phi) is 4.26. The maximum absolute atomic E-state index is 11.0. The van der Waals surface area contributed by atoms with Crippen molar-refractivity contribution in [3.8, 4) is 0 Å². The Hall–Kier alpha value is -0.940. The van der Waals surface area contributed by atoms with Gasteiger partial charge in [-0.1, -0.05) is 34.8 Å². The van der Waals surface area contributed by atoms with Crippen molar-refractivity contribution in [1.82, 2.24) is 0 Å². The van der Waals surface area contributed by atoms with Gasteiger partial charge in [-0.2, -0.15) is 0 Å². The first-order chi connectivity index (χ1) is 8.91. The number of benzene rings is 1. The Morgan fingerprint density at radius 1 is 1.32 bits per heavy atom. The van der Waals surface area contributed by atoms with Gasteiger partial charge in [0, 0.05) is 5.02 Å². The van der Waals surface area contributed by atoms with E-state index in [9.17, 15) is 4.79 Å². The number of hydrogen-bond donors (Lipinski definition) is 2. The van der Waals surface area contributed by atoms with Gasteiger partial charge in [0.1, 0.15) is 4.88 Å². The summed E-state index contributed by atoms with van der Waals surface area (Å²) in [5, 5.41) is 14.8. The molecule has 100 valence electrons. The van der Waals surface area contributed by atoms with Gasteiger partial charge in [-0.15, -0.1) is 11.3 Å². The standard InChI is InChI=1S/C12H8Cl3NO2S/c1-5-6(13)4-7(14)10(9(5)15)16-8-2-3-19-11(8)12(17)18/h2-4,16H,1H3,(H,17,18). The molecule has 0 aliphatic heterocycles. The van der Waals surface area contributed by atoms with Crippen molar-refractivity contribution in [3.63, 3.8) is 0 Å². The molecule has 0 unspecified atom stereocenters. The van der Waals surface area contributed by atoms with Crippen LogP contribution in [0.4, 0.5) is 11.4 Å². The minimum absolute atomic E-state index is 0.194. The number of anilines is 2. The number of carboxylic acid groups (broad SMARTS) is 1. The highest BCUT2D eigenvalue weighted by atomic mass is 35.5. The van der Waals surface area contributed by atoms with Gasteiger partial charge in [-0.05, 0) is 30.0 Å². The Labute approximate surface area is 128 Å². The van der Waals surface area contributed by atoms with Gasteiger partial charge in [0.15, 0.2) is 0 Å². The van der Waals surface area contributed by atoms with E-state index in [0.717, 1.165) is 11.3 Å². The SMILES string of the molecule is Cc1c(Cl)cc(Cl)c(Nc2ccsc2C(=O)O)c1Cl. The molecule has 1 aromatic carbocycles. The number of thiophene rings is 1. The van der Waals surface area contributed by atoms with E-state index >= 15 is 0 Å². The fourth-order valence-corrected chi connectivity index (χ4v) is 3.06. The summed E-state index contributed by atoms with van der Waals surface area (Å²) in [5.74, 6) is -1.00. The number of carbonyl (C=O) groups is 1. The zero-order chi connectivity index (χ0) is 14.2. The smallest absolute Gasteiger partial charge is 0.348 e. The van der Waals surface area contributed by atoms with Crippen LogP contribution in [0.15, 0.2) is 17.5 Å². The van der Waals surface area contributed by atoms with Gasteiger partial charge in [0.25, 0.3) is 0 Å². The van der Waals surface area contributed by atoms with E-state index < -0.39 is 5.97 Å². The van der Waals surface area contributed by atoms with E-state index in [4.69, 9.17) is 39.9 Å². The minimum atomic E-state index is -1.00. The molecule has 0 saturated heterocycles. The topological polar surface area (TPSA) is 49.3 Å². The van der Waals surface area contributed by atoms with Crippen molar-refractivity contribution in [2.75, 3.05) is 5.32 Å². The van der Waals surface area contributed by atoms with Crippen LogP contribution >= 0.6 is 46.1 Å². The lowest BCUT2D eigenvalue weighted by molar-refractivity contribution is 0.0703. The lowest BCUT2D eigenvalue weighted by Gasteiger charge is -2.13. The highest BCUT2D eigenvalue weighted by molar-refractivity contribution is 7.12. The van der Waals surface area contributed by atoms with Gasteiger partial charge in [-0.25, -0.2) is 4.79 Å². The maximum atomic E-state index is 11.0. The lowest BCUT2D eigenvalue weighted by Crippen LogP contribution is -2.00. The summed E-state index contributed by atoms with van der Waals surface area (Å²) in [5.41, 5.74) is 1.58. The molecule has 3 nitrogen and oxygen atoms in total. The van der Waals surface area contributed by atoms with Crippen LogP contribution in [-0.2, 0) is 0 Å². The molecular weight excluding hydrogens is 329 g/mol. The van der Waals surface area contributed by atoms with Crippen LogP contribution in [0.1, 0.15) is 15.2 Å². The summed E-state index contributed by atoms with van der Waals surface area (Å²) >= 11 is 19.3. The van der Waals surface area contributed by atoms with Gasteiger partial charge in [0.05, 0.1) is 21.4 Å². The van der Waals surface area contributed by atoms with Crippen LogP contribution < -0.4 is 5.32 Å². The molecule has 19 heavy (non-hydrogen) atoms. The number of nitrogens with one attached hydrogen (secondary N) is 1. The van der Waals surface area contributed by atoms with Crippen molar-refractivity contribution in [2.45, 2.75) is 6.92 Å². The summed E-state index contributed by atoms with van der Waals surface area (Å²) in [4.78, 5) is 11.2. The molecule has 0 aliphatic rings. The fourth-order valence-electron chi connectivity index (χ4n) is 1.51. The third-order valence-corrected chi connectivity index (χ3v) is 4.58. The van der Waals surface area contributed by atoms with E-state index in [1.807, 2.05) is 0 Å². The van der Waals surface area contributed by atoms with E-state index in [2.05, 4.69) is 5.32 Å². The van der Waals surface area contributed by atoms with Crippen LogP contribution in [0.5, 0.6) is 0 Å². The molecule has 0 aliphatic carbocycles. The summed E-state index contributed by atoms with van der Waals surface area (Å²) in [6.07, 6.45) is 0.